The fourth-order valence-electron chi connectivity index (χ4n) is 5.90. The van der Waals surface area contributed by atoms with E-state index in [2.05, 4.69) is 38.4 Å². The Morgan fingerprint density at radius 3 is 2.84 bits per heavy atom. The van der Waals surface area contributed by atoms with Gasteiger partial charge in [-0.05, 0) is 62.7 Å². The summed E-state index contributed by atoms with van der Waals surface area (Å²) in [6.45, 7) is 7.16. The number of H-pyrrole nitrogens is 1. The number of aryl methyl sites for hydroxylation is 1. The van der Waals surface area contributed by atoms with Crippen molar-refractivity contribution in [1.82, 2.24) is 30.4 Å². The van der Waals surface area contributed by atoms with Crippen molar-refractivity contribution in [2.45, 2.75) is 25.8 Å². The minimum absolute atomic E-state index is 0.375. The normalized spacial score (nSPS) is 18.8. The molecule has 2 fully saturated rings. The molecule has 2 aliphatic heterocycles. The van der Waals surface area contributed by atoms with E-state index in [1.807, 2.05) is 25.3 Å². The first kappa shape index (κ1) is 23.7. The molecule has 2 aromatic carbocycles. The van der Waals surface area contributed by atoms with Crippen LogP contribution >= 0.6 is 11.6 Å². The van der Waals surface area contributed by atoms with Crippen molar-refractivity contribution in [3.63, 3.8) is 0 Å². The Bertz CT molecular complexity index is 1660. The Morgan fingerprint density at radius 2 is 2.03 bits per heavy atom. The van der Waals surface area contributed by atoms with E-state index in [9.17, 15) is 0 Å². The van der Waals surface area contributed by atoms with Crippen molar-refractivity contribution in [3.8, 4) is 17.1 Å². The predicted octanol–water partition coefficient (Wildman–Crippen LogP) is 4.76. The number of furan rings is 1. The number of likely N-dealkylation sites (tertiary alicyclic amines) is 1. The van der Waals surface area contributed by atoms with Crippen LogP contribution in [0.2, 0.25) is 5.02 Å². The number of aromatic nitrogens is 4. The number of nitrogens with one attached hydrogen (secondary N) is 2. The SMILES string of the molecule is Cc1cc2[nH]ncc2c(-c2cc3nc(OCC4CCCN4C)nc(N4CCNCC4)c3c3occc23)c1Cl. The van der Waals surface area contributed by atoms with Crippen molar-refractivity contribution in [2.75, 3.05) is 51.3 Å². The lowest BCUT2D eigenvalue weighted by molar-refractivity contribution is 0.188. The van der Waals surface area contributed by atoms with E-state index >= 15 is 0 Å². The molecule has 2 saturated heterocycles. The van der Waals surface area contributed by atoms with Crippen LogP contribution in [-0.2, 0) is 0 Å². The van der Waals surface area contributed by atoms with Gasteiger partial charge < -0.3 is 24.3 Å². The van der Waals surface area contributed by atoms with Crippen LogP contribution in [0.15, 0.2) is 35.1 Å². The third-order valence-corrected chi connectivity index (χ3v) is 8.47. The minimum atomic E-state index is 0.375. The average Bonchev–Trinajstić information content (AvgIpc) is 3.69. The third-order valence-electron chi connectivity index (χ3n) is 7.99. The first-order chi connectivity index (χ1) is 18.6. The third kappa shape index (κ3) is 3.88. The minimum Gasteiger partial charge on any atom is -0.463 e. The molecule has 1 unspecified atom stereocenters. The van der Waals surface area contributed by atoms with Gasteiger partial charge in [-0.3, -0.25) is 5.10 Å². The molecule has 1 atom stereocenters. The van der Waals surface area contributed by atoms with E-state index in [0.717, 1.165) is 94.4 Å². The number of fused-ring (bicyclic) bond motifs is 4. The zero-order chi connectivity index (χ0) is 25.8. The second-order valence-electron chi connectivity index (χ2n) is 10.3. The van der Waals surface area contributed by atoms with Gasteiger partial charge in [0.15, 0.2) is 0 Å². The Balaban J connectivity index is 1.45. The Kier molecular flexibility index (Phi) is 5.87. The summed E-state index contributed by atoms with van der Waals surface area (Å²) in [6.07, 6.45) is 5.86. The lowest BCUT2D eigenvalue weighted by Crippen LogP contribution is -2.44. The Hall–Kier alpha value is -3.40. The van der Waals surface area contributed by atoms with Gasteiger partial charge in [0, 0.05) is 48.6 Å². The van der Waals surface area contributed by atoms with E-state index in [1.165, 1.54) is 6.42 Å². The first-order valence-electron chi connectivity index (χ1n) is 13.2. The summed E-state index contributed by atoms with van der Waals surface area (Å²) in [4.78, 5) is 14.5. The molecule has 196 valence electrons. The highest BCUT2D eigenvalue weighted by Crippen LogP contribution is 2.44. The quantitative estimate of drug-likeness (QED) is 0.335. The Labute approximate surface area is 225 Å². The zero-order valence-electron chi connectivity index (χ0n) is 21.6. The fraction of sp³-hybridized carbons (Fsp3) is 0.393. The van der Waals surface area contributed by atoms with Gasteiger partial charge in [-0.2, -0.15) is 15.1 Å². The van der Waals surface area contributed by atoms with Gasteiger partial charge in [0.05, 0.1) is 33.9 Å². The molecule has 5 aromatic rings. The number of nitrogens with zero attached hydrogens (tertiary/aromatic N) is 5. The molecule has 0 saturated carbocycles. The zero-order valence-corrected chi connectivity index (χ0v) is 22.3. The van der Waals surface area contributed by atoms with Crippen LogP contribution in [0, 0.1) is 6.92 Å². The van der Waals surface area contributed by atoms with Gasteiger partial charge in [-0.15, -0.1) is 0 Å². The van der Waals surface area contributed by atoms with E-state index in [1.54, 1.807) is 6.26 Å². The van der Waals surface area contributed by atoms with Gasteiger partial charge in [0.2, 0.25) is 0 Å². The molecule has 9 nitrogen and oxygen atoms in total. The number of halogens is 1. The van der Waals surface area contributed by atoms with Crippen LogP contribution < -0.4 is 15.0 Å². The summed E-state index contributed by atoms with van der Waals surface area (Å²) in [5.74, 6) is 0.849. The van der Waals surface area contributed by atoms with E-state index < -0.39 is 0 Å². The number of anilines is 1. The number of benzene rings is 2. The molecular formula is C28H30ClN7O2. The van der Waals surface area contributed by atoms with Gasteiger partial charge in [0.25, 0.3) is 0 Å². The largest absolute Gasteiger partial charge is 0.463 e. The number of likely N-dealkylation sites (N-methyl/N-ethyl adjacent to an activating group) is 1. The van der Waals surface area contributed by atoms with E-state index in [0.29, 0.717) is 23.7 Å². The molecule has 7 rings (SSSR count). The topological polar surface area (TPSA) is 95.3 Å². The number of rotatable bonds is 5. The smallest absolute Gasteiger partial charge is 0.319 e. The number of piperazine rings is 1. The molecule has 0 bridgehead atoms. The number of hydrogen-bond acceptors (Lipinski definition) is 8. The molecule has 5 heterocycles. The molecule has 2 N–H and O–H groups in total. The molecule has 0 spiro atoms. The molecule has 3 aromatic heterocycles. The summed E-state index contributed by atoms with van der Waals surface area (Å²) < 4.78 is 12.4. The maximum absolute atomic E-state index is 6.95. The van der Waals surface area contributed by atoms with Crippen LogP contribution in [0.4, 0.5) is 5.82 Å². The first-order valence-corrected chi connectivity index (χ1v) is 13.6. The maximum Gasteiger partial charge on any atom is 0.319 e. The standard InChI is InChI=1S/C28H30ClN7O2/c1-16-12-21-20(14-31-34-21)23(25(16)29)19-13-22-24(26-18(19)5-11-37-26)27(36-9-6-30-7-10-36)33-28(32-22)38-15-17-4-3-8-35(17)2/h5,11-14,17,30H,3-4,6-10,15H2,1-2H3,(H,31,34). The number of aromatic amines is 1. The fourth-order valence-corrected chi connectivity index (χ4v) is 6.16. The summed E-state index contributed by atoms with van der Waals surface area (Å²) in [6, 6.07) is 6.89. The lowest BCUT2D eigenvalue weighted by Gasteiger charge is -2.29. The molecule has 0 amide bonds. The van der Waals surface area contributed by atoms with Crippen LogP contribution in [0.5, 0.6) is 6.01 Å². The van der Waals surface area contributed by atoms with Crippen molar-refractivity contribution in [3.05, 3.63) is 41.2 Å². The highest BCUT2D eigenvalue weighted by atomic mass is 35.5. The highest BCUT2D eigenvalue weighted by molar-refractivity contribution is 6.36. The summed E-state index contributed by atoms with van der Waals surface area (Å²) in [5.41, 5.74) is 5.31. The van der Waals surface area contributed by atoms with Gasteiger partial charge in [0.1, 0.15) is 18.0 Å². The Morgan fingerprint density at radius 1 is 1.16 bits per heavy atom. The van der Waals surface area contributed by atoms with Crippen LogP contribution in [0.3, 0.4) is 0 Å². The van der Waals surface area contributed by atoms with Gasteiger partial charge >= 0.3 is 6.01 Å². The second-order valence-corrected chi connectivity index (χ2v) is 10.7. The summed E-state index contributed by atoms with van der Waals surface area (Å²) >= 11 is 6.95. The van der Waals surface area contributed by atoms with Crippen LogP contribution in [0.25, 0.3) is 43.9 Å². The molecular weight excluding hydrogens is 502 g/mol. The van der Waals surface area contributed by atoms with Gasteiger partial charge in [-0.1, -0.05) is 11.6 Å². The lowest BCUT2D eigenvalue weighted by atomic mass is 9.95. The van der Waals surface area contributed by atoms with Crippen molar-refractivity contribution in [2.24, 2.45) is 0 Å². The molecule has 0 aliphatic carbocycles. The van der Waals surface area contributed by atoms with Crippen molar-refractivity contribution >= 4 is 50.2 Å². The van der Waals surface area contributed by atoms with Crippen LogP contribution in [0.1, 0.15) is 18.4 Å². The maximum atomic E-state index is 6.95. The van der Waals surface area contributed by atoms with Crippen molar-refractivity contribution in [1.29, 1.82) is 0 Å². The summed E-state index contributed by atoms with van der Waals surface area (Å²) in [5, 5.41) is 14.3. The molecule has 38 heavy (non-hydrogen) atoms. The van der Waals surface area contributed by atoms with Crippen molar-refractivity contribution < 1.29 is 9.15 Å². The molecule has 0 radical (unpaired) electrons. The van der Waals surface area contributed by atoms with Gasteiger partial charge in [-0.25, -0.2) is 0 Å². The molecule has 2 aliphatic rings. The summed E-state index contributed by atoms with van der Waals surface area (Å²) in [7, 11) is 2.15. The number of ether oxygens (including phenoxy) is 1. The van der Waals surface area contributed by atoms with E-state index in [4.69, 9.17) is 30.7 Å². The monoisotopic (exact) mass is 531 g/mol. The predicted molar refractivity (Wildman–Crippen MR) is 150 cm³/mol. The van der Waals surface area contributed by atoms with E-state index in [-0.39, 0.29) is 0 Å². The average molecular weight is 532 g/mol. The highest BCUT2D eigenvalue weighted by Gasteiger charge is 2.26. The number of hydrogen-bond donors (Lipinski definition) is 2. The second kappa shape index (κ2) is 9.41. The molecule has 10 heteroatoms. The van der Waals surface area contributed by atoms with Crippen LogP contribution in [-0.4, -0.2) is 77.5 Å².